The van der Waals surface area contributed by atoms with Crippen molar-refractivity contribution < 1.29 is 0 Å². The lowest BCUT2D eigenvalue weighted by atomic mass is 10.1. The number of hydrogen-bond donors (Lipinski definition) is 1. The van der Waals surface area contributed by atoms with E-state index in [1.807, 2.05) is 0 Å². The molecule has 0 saturated carbocycles. The van der Waals surface area contributed by atoms with Crippen molar-refractivity contribution in [3.05, 3.63) is 0 Å². The van der Waals surface area contributed by atoms with Gasteiger partial charge in [-0.25, -0.2) is 0 Å². The molecular weight excluding hydrogens is 186 g/mol. The van der Waals surface area contributed by atoms with E-state index in [2.05, 4.69) is 23.8 Å². The second-order valence-electron chi connectivity index (χ2n) is 4.99. The first-order valence-corrected chi connectivity index (χ1v) is 6.33. The molecule has 0 spiro atoms. The minimum atomic E-state index is 0.735. The van der Waals surface area contributed by atoms with Gasteiger partial charge in [0.15, 0.2) is 0 Å². The molecule has 1 fully saturated rings. The number of nitrogens with two attached hydrogens (primary N) is 1. The molecule has 90 valence electrons. The Hall–Kier alpha value is -0.120. The molecule has 0 aromatic carbocycles. The van der Waals surface area contributed by atoms with E-state index in [9.17, 15) is 0 Å². The van der Waals surface area contributed by atoms with Gasteiger partial charge in [-0.05, 0) is 51.9 Å². The lowest BCUT2D eigenvalue weighted by Crippen LogP contribution is -2.34. The minimum absolute atomic E-state index is 0.735. The summed E-state index contributed by atoms with van der Waals surface area (Å²) < 4.78 is 0. The van der Waals surface area contributed by atoms with E-state index < -0.39 is 0 Å². The van der Waals surface area contributed by atoms with Gasteiger partial charge in [-0.15, -0.1) is 0 Å². The van der Waals surface area contributed by atoms with Crippen molar-refractivity contribution in [2.24, 2.45) is 11.7 Å². The van der Waals surface area contributed by atoms with Crippen molar-refractivity contribution in [3.63, 3.8) is 0 Å². The van der Waals surface area contributed by atoms with Crippen LogP contribution in [-0.2, 0) is 0 Å². The van der Waals surface area contributed by atoms with Crippen LogP contribution in [0, 0.1) is 5.92 Å². The summed E-state index contributed by atoms with van der Waals surface area (Å²) in [5, 5.41) is 0. The van der Waals surface area contributed by atoms with Crippen LogP contribution in [0.25, 0.3) is 0 Å². The number of nitrogens with zero attached hydrogens (tertiary/aromatic N) is 2. The van der Waals surface area contributed by atoms with E-state index in [1.54, 1.807) is 0 Å². The summed E-state index contributed by atoms with van der Waals surface area (Å²) >= 11 is 0. The van der Waals surface area contributed by atoms with Crippen LogP contribution < -0.4 is 5.73 Å². The molecule has 1 rings (SSSR count). The molecule has 0 radical (unpaired) electrons. The van der Waals surface area contributed by atoms with E-state index in [4.69, 9.17) is 5.73 Å². The topological polar surface area (TPSA) is 32.5 Å². The zero-order valence-electron chi connectivity index (χ0n) is 10.4. The predicted molar refractivity (Wildman–Crippen MR) is 66.0 cm³/mol. The van der Waals surface area contributed by atoms with Crippen LogP contribution in [-0.4, -0.2) is 56.1 Å². The van der Waals surface area contributed by atoms with Gasteiger partial charge in [0.05, 0.1) is 0 Å². The predicted octanol–water partition coefficient (Wildman–Crippen LogP) is 0.999. The van der Waals surface area contributed by atoms with Gasteiger partial charge in [0.2, 0.25) is 0 Å². The molecule has 0 aliphatic carbocycles. The number of likely N-dealkylation sites (N-methyl/N-ethyl adjacent to an activating group) is 1. The molecular formula is C12H27N3. The van der Waals surface area contributed by atoms with Gasteiger partial charge in [0.25, 0.3) is 0 Å². The van der Waals surface area contributed by atoms with Gasteiger partial charge in [0, 0.05) is 19.6 Å². The van der Waals surface area contributed by atoms with Crippen molar-refractivity contribution in [1.29, 1.82) is 0 Å². The summed E-state index contributed by atoms with van der Waals surface area (Å²) in [5.41, 5.74) is 5.55. The number of likely N-dealkylation sites (tertiary alicyclic amines) is 1. The molecule has 1 saturated heterocycles. The highest BCUT2D eigenvalue weighted by atomic mass is 15.2. The standard InChI is InChI=1S/C12H27N3/c1-12(5-6-13)11-14(2)9-10-15-7-3-4-8-15/h12H,3-11,13H2,1-2H3. The van der Waals surface area contributed by atoms with Crippen molar-refractivity contribution in [2.45, 2.75) is 26.2 Å². The molecule has 2 N–H and O–H groups in total. The molecule has 0 aromatic rings. The maximum Gasteiger partial charge on any atom is 0.0109 e. The van der Waals surface area contributed by atoms with Crippen LogP contribution in [0.1, 0.15) is 26.2 Å². The Kier molecular flexibility index (Phi) is 6.22. The lowest BCUT2D eigenvalue weighted by molar-refractivity contribution is 0.232. The van der Waals surface area contributed by atoms with Crippen molar-refractivity contribution in [3.8, 4) is 0 Å². The fraction of sp³-hybridized carbons (Fsp3) is 1.00. The first-order valence-electron chi connectivity index (χ1n) is 6.33. The van der Waals surface area contributed by atoms with Crippen LogP contribution in [0.2, 0.25) is 0 Å². The molecule has 15 heavy (non-hydrogen) atoms. The van der Waals surface area contributed by atoms with Crippen LogP contribution in [0.4, 0.5) is 0 Å². The maximum absolute atomic E-state index is 5.55. The van der Waals surface area contributed by atoms with E-state index in [-0.39, 0.29) is 0 Å². The van der Waals surface area contributed by atoms with Gasteiger partial charge >= 0.3 is 0 Å². The molecule has 1 heterocycles. The highest BCUT2D eigenvalue weighted by molar-refractivity contribution is 4.68. The second-order valence-corrected chi connectivity index (χ2v) is 4.99. The fourth-order valence-electron chi connectivity index (χ4n) is 2.32. The molecule has 1 aliphatic heterocycles. The Labute approximate surface area is 94.6 Å². The summed E-state index contributed by atoms with van der Waals surface area (Å²) in [6.07, 6.45) is 3.94. The second kappa shape index (κ2) is 7.20. The molecule has 1 atom stereocenters. The Morgan fingerprint density at radius 1 is 1.33 bits per heavy atom. The Bertz CT molecular complexity index is 155. The third-order valence-electron chi connectivity index (χ3n) is 3.28. The number of rotatable bonds is 7. The zero-order chi connectivity index (χ0) is 11.1. The molecule has 1 aliphatic rings. The highest BCUT2D eigenvalue weighted by Gasteiger charge is 2.12. The summed E-state index contributed by atoms with van der Waals surface area (Å²) in [5.74, 6) is 0.735. The highest BCUT2D eigenvalue weighted by Crippen LogP contribution is 2.07. The summed E-state index contributed by atoms with van der Waals surface area (Å²) in [7, 11) is 2.23. The van der Waals surface area contributed by atoms with E-state index in [1.165, 1.54) is 45.6 Å². The first-order chi connectivity index (χ1) is 7.22. The zero-order valence-corrected chi connectivity index (χ0v) is 10.4. The van der Waals surface area contributed by atoms with Crippen molar-refractivity contribution >= 4 is 0 Å². The molecule has 3 nitrogen and oxygen atoms in total. The molecule has 1 unspecified atom stereocenters. The van der Waals surface area contributed by atoms with Crippen molar-refractivity contribution in [2.75, 3.05) is 46.3 Å². The average Bonchev–Trinajstić information content (AvgIpc) is 2.67. The number of hydrogen-bond acceptors (Lipinski definition) is 3. The molecule has 3 heteroatoms. The Balaban J connectivity index is 2.04. The van der Waals surface area contributed by atoms with Gasteiger partial charge in [-0.2, -0.15) is 0 Å². The largest absolute Gasteiger partial charge is 0.330 e. The lowest BCUT2D eigenvalue weighted by Gasteiger charge is -2.23. The summed E-state index contributed by atoms with van der Waals surface area (Å²) in [6, 6.07) is 0. The average molecular weight is 213 g/mol. The molecule has 0 aromatic heterocycles. The smallest absolute Gasteiger partial charge is 0.0109 e. The maximum atomic E-state index is 5.55. The summed E-state index contributed by atoms with van der Waals surface area (Å²) in [6.45, 7) is 9.37. The van der Waals surface area contributed by atoms with Crippen LogP contribution >= 0.6 is 0 Å². The third-order valence-corrected chi connectivity index (χ3v) is 3.28. The van der Waals surface area contributed by atoms with Gasteiger partial charge in [-0.1, -0.05) is 6.92 Å². The van der Waals surface area contributed by atoms with Crippen LogP contribution in [0.3, 0.4) is 0 Å². The van der Waals surface area contributed by atoms with Crippen molar-refractivity contribution in [1.82, 2.24) is 9.80 Å². The Morgan fingerprint density at radius 3 is 2.60 bits per heavy atom. The van der Waals surface area contributed by atoms with Crippen LogP contribution in [0.5, 0.6) is 0 Å². The van der Waals surface area contributed by atoms with Gasteiger partial charge in [0.1, 0.15) is 0 Å². The molecule has 0 amide bonds. The first kappa shape index (κ1) is 12.9. The summed E-state index contributed by atoms with van der Waals surface area (Å²) in [4.78, 5) is 5.02. The third kappa shape index (κ3) is 5.50. The van der Waals surface area contributed by atoms with Crippen LogP contribution in [0.15, 0.2) is 0 Å². The molecule has 0 bridgehead atoms. The van der Waals surface area contributed by atoms with Gasteiger partial charge < -0.3 is 15.5 Å². The normalized spacial score (nSPS) is 20.0. The minimum Gasteiger partial charge on any atom is -0.330 e. The SMILES string of the molecule is CC(CCN)CN(C)CCN1CCCC1. The van der Waals surface area contributed by atoms with E-state index in [0.717, 1.165) is 18.9 Å². The quantitative estimate of drug-likeness (QED) is 0.685. The fourth-order valence-corrected chi connectivity index (χ4v) is 2.32. The van der Waals surface area contributed by atoms with E-state index in [0.29, 0.717) is 0 Å². The monoisotopic (exact) mass is 213 g/mol. The van der Waals surface area contributed by atoms with Gasteiger partial charge in [-0.3, -0.25) is 0 Å². The van der Waals surface area contributed by atoms with E-state index >= 15 is 0 Å². The Morgan fingerprint density at radius 2 is 2.00 bits per heavy atom.